The predicted octanol–water partition coefficient (Wildman–Crippen LogP) is 7.89. The van der Waals surface area contributed by atoms with Crippen molar-refractivity contribution in [2.75, 3.05) is 13.2 Å². The van der Waals surface area contributed by atoms with Crippen molar-refractivity contribution in [1.82, 2.24) is 0 Å². The van der Waals surface area contributed by atoms with Crippen molar-refractivity contribution < 1.29 is 53.7 Å². The Morgan fingerprint density at radius 2 is 1.22 bits per heavy atom. The number of alkyl halides is 6. The molecule has 3 aromatic carbocycles. The van der Waals surface area contributed by atoms with Crippen LogP contribution in [0.25, 0.3) is 11.1 Å². The van der Waals surface area contributed by atoms with Crippen molar-refractivity contribution >= 4 is 0 Å². The van der Waals surface area contributed by atoms with Crippen LogP contribution in [0.15, 0.2) is 42.5 Å². The number of benzene rings is 3. The smallest absolute Gasteiger partial charge is 0.429 e. The highest BCUT2D eigenvalue weighted by atomic mass is 19.3. The molecule has 0 fully saturated rings. The normalized spacial score (nSPS) is 15.5. The molecule has 3 nitrogen and oxygen atoms in total. The standard InChI is InChI=1S/C25H17F9O3/c1-3-35-12-5-8-15(16(26)11-12)25(33,34)37-18-10-7-14-13-6-9-17(36-4-2)21(27)19(13)23(29,30)24(31,32)20(14)22(18)28/h5-11H,3-4H2,1-2H3. The average molecular weight is 536 g/mol. The van der Waals surface area contributed by atoms with Crippen LogP contribution in [-0.4, -0.2) is 13.2 Å². The Hall–Kier alpha value is -3.57. The molecule has 0 saturated heterocycles. The molecule has 0 atom stereocenters. The fourth-order valence-corrected chi connectivity index (χ4v) is 4.02. The molecule has 1 aliphatic carbocycles. The summed E-state index contributed by atoms with van der Waals surface area (Å²) in [5, 5.41) is 0. The molecule has 0 bridgehead atoms. The molecule has 37 heavy (non-hydrogen) atoms. The van der Waals surface area contributed by atoms with Gasteiger partial charge in [-0.3, -0.25) is 0 Å². The maximum absolute atomic E-state index is 15.2. The van der Waals surface area contributed by atoms with Gasteiger partial charge in [0.05, 0.1) is 24.3 Å². The van der Waals surface area contributed by atoms with Crippen molar-refractivity contribution in [2.45, 2.75) is 31.8 Å². The van der Waals surface area contributed by atoms with E-state index in [1.165, 1.54) is 6.92 Å². The molecule has 0 aromatic heterocycles. The van der Waals surface area contributed by atoms with Gasteiger partial charge in [0.2, 0.25) is 0 Å². The molecule has 0 amide bonds. The largest absolute Gasteiger partial charge is 0.494 e. The zero-order valence-electron chi connectivity index (χ0n) is 19.1. The highest BCUT2D eigenvalue weighted by molar-refractivity contribution is 5.78. The van der Waals surface area contributed by atoms with Gasteiger partial charge in [0, 0.05) is 6.07 Å². The monoisotopic (exact) mass is 536 g/mol. The van der Waals surface area contributed by atoms with Gasteiger partial charge >= 0.3 is 18.0 Å². The lowest BCUT2D eigenvalue weighted by atomic mass is 9.79. The van der Waals surface area contributed by atoms with Gasteiger partial charge < -0.3 is 14.2 Å². The molecule has 3 aromatic rings. The minimum absolute atomic E-state index is 0.0974. The van der Waals surface area contributed by atoms with E-state index >= 15 is 13.2 Å². The molecule has 198 valence electrons. The van der Waals surface area contributed by atoms with E-state index < -0.39 is 74.7 Å². The summed E-state index contributed by atoms with van der Waals surface area (Å²) in [5.41, 5.74) is -6.75. The lowest BCUT2D eigenvalue weighted by molar-refractivity contribution is -0.228. The summed E-state index contributed by atoms with van der Waals surface area (Å²) in [4.78, 5) is 0. The second-order valence-electron chi connectivity index (χ2n) is 7.88. The molecule has 0 unspecified atom stereocenters. The second-order valence-corrected chi connectivity index (χ2v) is 7.88. The van der Waals surface area contributed by atoms with E-state index in [9.17, 15) is 26.3 Å². The SMILES string of the molecule is CCOc1ccc(C(F)(F)Oc2ccc3c(c2F)C(F)(F)C(F)(F)c2c-3ccc(OCC)c2F)c(F)c1. The van der Waals surface area contributed by atoms with Gasteiger partial charge in [0.25, 0.3) is 0 Å². The number of ether oxygens (including phenoxy) is 3. The van der Waals surface area contributed by atoms with E-state index in [1.54, 1.807) is 6.92 Å². The van der Waals surface area contributed by atoms with Crippen molar-refractivity contribution in [3.63, 3.8) is 0 Å². The van der Waals surface area contributed by atoms with E-state index in [1.807, 2.05) is 0 Å². The minimum Gasteiger partial charge on any atom is -0.494 e. The van der Waals surface area contributed by atoms with E-state index in [-0.39, 0.29) is 19.0 Å². The molecule has 0 N–H and O–H groups in total. The molecule has 0 radical (unpaired) electrons. The third-order valence-electron chi connectivity index (χ3n) is 5.63. The predicted molar refractivity (Wildman–Crippen MR) is 113 cm³/mol. The average Bonchev–Trinajstić information content (AvgIpc) is 2.80. The minimum atomic E-state index is -5.38. The number of hydrogen-bond acceptors (Lipinski definition) is 3. The highest BCUT2D eigenvalue weighted by Crippen LogP contribution is 2.60. The van der Waals surface area contributed by atoms with Gasteiger partial charge in [-0.2, -0.15) is 26.3 Å². The lowest BCUT2D eigenvalue weighted by Crippen LogP contribution is -2.41. The zero-order chi connectivity index (χ0) is 27.3. The molecule has 12 heteroatoms. The van der Waals surface area contributed by atoms with E-state index in [2.05, 4.69) is 4.74 Å². The van der Waals surface area contributed by atoms with Gasteiger partial charge in [-0.25, -0.2) is 13.2 Å². The number of fused-ring (bicyclic) bond motifs is 3. The summed E-state index contributed by atoms with van der Waals surface area (Å²) < 4.78 is 148. The number of halogens is 9. The van der Waals surface area contributed by atoms with E-state index in [0.29, 0.717) is 24.3 Å². The topological polar surface area (TPSA) is 27.7 Å². The Labute approximate surface area is 204 Å². The molecule has 4 rings (SSSR count). The Morgan fingerprint density at radius 3 is 1.73 bits per heavy atom. The Balaban J connectivity index is 1.83. The first-order valence-electron chi connectivity index (χ1n) is 10.8. The van der Waals surface area contributed by atoms with Gasteiger partial charge in [-0.05, 0) is 61.4 Å². The molecular weight excluding hydrogens is 519 g/mol. The summed E-state index contributed by atoms with van der Waals surface area (Å²) in [7, 11) is 0. The summed E-state index contributed by atoms with van der Waals surface area (Å²) in [6.45, 7) is 2.91. The molecular formula is C25H17F9O3. The van der Waals surface area contributed by atoms with Crippen LogP contribution in [0.4, 0.5) is 39.5 Å². The van der Waals surface area contributed by atoms with E-state index in [4.69, 9.17) is 9.47 Å². The van der Waals surface area contributed by atoms with Crippen molar-refractivity contribution in [3.8, 4) is 28.4 Å². The molecule has 0 saturated carbocycles. The van der Waals surface area contributed by atoms with Crippen LogP contribution in [0.3, 0.4) is 0 Å². The number of hydrogen-bond donors (Lipinski definition) is 0. The number of rotatable bonds is 7. The molecule has 1 aliphatic rings. The first-order valence-corrected chi connectivity index (χ1v) is 10.8. The molecule has 0 spiro atoms. The maximum Gasteiger partial charge on any atom is 0.429 e. The molecule has 0 aliphatic heterocycles. The first-order chi connectivity index (χ1) is 17.3. The van der Waals surface area contributed by atoms with Crippen LogP contribution < -0.4 is 14.2 Å². The fourth-order valence-electron chi connectivity index (χ4n) is 4.02. The first kappa shape index (κ1) is 26.5. The van der Waals surface area contributed by atoms with Crippen LogP contribution in [0, 0.1) is 17.5 Å². The van der Waals surface area contributed by atoms with Crippen LogP contribution in [0.1, 0.15) is 30.5 Å². The Morgan fingerprint density at radius 1 is 0.703 bits per heavy atom. The Kier molecular flexibility index (Phi) is 6.49. The highest BCUT2D eigenvalue weighted by Gasteiger charge is 2.65. The van der Waals surface area contributed by atoms with Crippen molar-refractivity contribution in [1.29, 1.82) is 0 Å². The second kappa shape index (κ2) is 9.07. The zero-order valence-corrected chi connectivity index (χ0v) is 19.1. The van der Waals surface area contributed by atoms with Crippen molar-refractivity contribution in [3.05, 3.63) is 76.6 Å². The third kappa shape index (κ3) is 4.11. The van der Waals surface area contributed by atoms with Crippen LogP contribution in [0.2, 0.25) is 0 Å². The van der Waals surface area contributed by atoms with Gasteiger partial charge in [-0.1, -0.05) is 0 Å². The summed E-state index contributed by atoms with van der Waals surface area (Å²) >= 11 is 0. The third-order valence-corrected chi connectivity index (χ3v) is 5.63. The van der Waals surface area contributed by atoms with Crippen LogP contribution >= 0.6 is 0 Å². The maximum atomic E-state index is 15.2. The lowest BCUT2D eigenvalue weighted by Gasteiger charge is -2.35. The van der Waals surface area contributed by atoms with Gasteiger partial charge in [-0.15, -0.1) is 0 Å². The van der Waals surface area contributed by atoms with Gasteiger partial charge in [0.15, 0.2) is 23.1 Å². The van der Waals surface area contributed by atoms with E-state index in [0.717, 1.165) is 18.2 Å². The summed E-state index contributed by atoms with van der Waals surface area (Å²) in [6.07, 6.45) is -4.60. The Bertz CT molecular complexity index is 1360. The fraction of sp³-hybridized carbons (Fsp3) is 0.280. The summed E-state index contributed by atoms with van der Waals surface area (Å²) in [6, 6.07) is 4.97. The van der Waals surface area contributed by atoms with Crippen LogP contribution in [-0.2, 0) is 18.0 Å². The van der Waals surface area contributed by atoms with Crippen LogP contribution in [0.5, 0.6) is 17.2 Å². The molecule has 0 heterocycles. The van der Waals surface area contributed by atoms with Crippen molar-refractivity contribution in [2.24, 2.45) is 0 Å². The van der Waals surface area contributed by atoms with Gasteiger partial charge in [0.1, 0.15) is 17.1 Å². The summed E-state index contributed by atoms with van der Waals surface area (Å²) in [5.74, 6) is -18.6. The quantitative estimate of drug-likeness (QED) is 0.288.